The average Bonchev–Trinajstić information content (AvgIpc) is 3.01. The molecule has 1 atom stereocenters. The van der Waals surface area contributed by atoms with Crippen LogP contribution in [0.3, 0.4) is 0 Å². The lowest BCUT2D eigenvalue weighted by molar-refractivity contribution is -0.150. The molecule has 2 aromatic rings. The second-order valence-corrected chi connectivity index (χ2v) is 6.70. The maximum atomic E-state index is 12.1. The molecule has 2 rings (SSSR count). The Hall–Kier alpha value is -2.29. The Morgan fingerprint density at radius 2 is 1.92 bits per heavy atom. The zero-order valence-electron chi connectivity index (χ0n) is 14.9. The zero-order valence-corrected chi connectivity index (χ0v) is 14.9. The van der Waals surface area contributed by atoms with Crippen LogP contribution in [0.1, 0.15) is 52.2 Å². The number of ether oxygens (including phenoxy) is 1. The molecule has 0 saturated carbocycles. The van der Waals surface area contributed by atoms with Crippen molar-refractivity contribution in [2.24, 2.45) is 5.92 Å². The quantitative estimate of drug-likeness (QED) is 0.467. The monoisotopic (exact) mass is 326 g/mol. The topological polar surface area (TPSA) is 39.4 Å². The first-order valence-electron chi connectivity index (χ1n) is 8.42. The van der Waals surface area contributed by atoms with E-state index in [1.165, 1.54) is 5.57 Å². The van der Waals surface area contributed by atoms with Crippen LogP contribution in [0.4, 0.5) is 0 Å². The van der Waals surface area contributed by atoms with E-state index >= 15 is 0 Å². The van der Waals surface area contributed by atoms with E-state index in [0.29, 0.717) is 12.8 Å². The lowest BCUT2D eigenvalue weighted by Gasteiger charge is -2.16. The highest BCUT2D eigenvalue weighted by Crippen LogP contribution is 2.30. The standard InChI is InChI=1S/C21H26O3/c1-15(2)10-11-19(24-21(22)12-16(3)4)18-13-20(23-14-18)17-8-6-5-7-9-17/h5-10,13-14,16,19H,11-12H2,1-4H3. The number of carbonyl (C=O) groups excluding carboxylic acids is 1. The van der Waals surface area contributed by atoms with Crippen molar-refractivity contribution < 1.29 is 13.9 Å². The predicted molar refractivity (Wildman–Crippen MR) is 96.5 cm³/mol. The van der Waals surface area contributed by atoms with Gasteiger partial charge in [0.25, 0.3) is 0 Å². The molecular weight excluding hydrogens is 300 g/mol. The number of carbonyl (C=O) groups is 1. The van der Waals surface area contributed by atoms with Crippen molar-refractivity contribution >= 4 is 5.97 Å². The van der Waals surface area contributed by atoms with E-state index in [1.54, 1.807) is 6.26 Å². The largest absolute Gasteiger partial charge is 0.464 e. The number of esters is 1. The molecule has 128 valence electrons. The molecule has 0 saturated heterocycles. The second-order valence-electron chi connectivity index (χ2n) is 6.70. The third-order valence-electron chi connectivity index (χ3n) is 3.64. The minimum absolute atomic E-state index is 0.167. The molecule has 0 N–H and O–H groups in total. The van der Waals surface area contributed by atoms with Crippen molar-refractivity contribution in [3.8, 4) is 11.3 Å². The normalized spacial score (nSPS) is 12.0. The molecule has 0 amide bonds. The fraction of sp³-hybridized carbons (Fsp3) is 0.381. The van der Waals surface area contributed by atoms with Gasteiger partial charge in [0.15, 0.2) is 0 Å². The number of allylic oxidation sites excluding steroid dienone is 1. The highest BCUT2D eigenvalue weighted by molar-refractivity contribution is 5.70. The Labute approximate surface area is 144 Å². The van der Waals surface area contributed by atoms with Crippen LogP contribution < -0.4 is 0 Å². The van der Waals surface area contributed by atoms with Gasteiger partial charge in [0.05, 0.1) is 6.26 Å². The summed E-state index contributed by atoms with van der Waals surface area (Å²) in [7, 11) is 0. The smallest absolute Gasteiger partial charge is 0.306 e. The number of furan rings is 1. The summed E-state index contributed by atoms with van der Waals surface area (Å²) < 4.78 is 11.4. The van der Waals surface area contributed by atoms with Crippen LogP contribution in [0.25, 0.3) is 11.3 Å². The zero-order chi connectivity index (χ0) is 17.5. The third kappa shape index (κ3) is 5.41. The van der Waals surface area contributed by atoms with Crippen molar-refractivity contribution in [1.82, 2.24) is 0 Å². The second kappa shape index (κ2) is 8.53. The Balaban J connectivity index is 2.18. The summed E-state index contributed by atoms with van der Waals surface area (Å²) in [6.07, 6.45) is 4.54. The molecule has 1 heterocycles. The van der Waals surface area contributed by atoms with Crippen molar-refractivity contribution in [2.45, 2.75) is 46.6 Å². The molecule has 0 aliphatic rings. The molecule has 3 nitrogen and oxygen atoms in total. The molecule has 0 radical (unpaired) electrons. The van der Waals surface area contributed by atoms with Gasteiger partial charge >= 0.3 is 5.97 Å². The molecule has 0 aliphatic heterocycles. The molecule has 1 aromatic heterocycles. The van der Waals surface area contributed by atoms with Crippen LogP contribution in [0.15, 0.2) is 58.7 Å². The Morgan fingerprint density at radius 1 is 1.21 bits per heavy atom. The Bertz CT molecular complexity index is 676. The van der Waals surface area contributed by atoms with Crippen LogP contribution in [0.2, 0.25) is 0 Å². The number of hydrogen-bond donors (Lipinski definition) is 0. The first-order chi connectivity index (χ1) is 11.5. The van der Waals surface area contributed by atoms with Crippen LogP contribution in [0, 0.1) is 5.92 Å². The molecule has 24 heavy (non-hydrogen) atoms. The van der Waals surface area contributed by atoms with Gasteiger partial charge in [0, 0.05) is 24.0 Å². The van der Waals surface area contributed by atoms with Crippen molar-refractivity contribution in [2.75, 3.05) is 0 Å². The third-order valence-corrected chi connectivity index (χ3v) is 3.64. The first kappa shape index (κ1) is 18.1. The van der Waals surface area contributed by atoms with E-state index in [4.69, 9.17) is 9.15 Å². The van der Waals surface area contributed by atoms with Gasteiger partial charge in [-0.2, -0.15) is 0 Å². The predicted octanol–water partition coefficient (Wildman–Crippen LogP) is 5.93. The summed E-state index contributed by atoms with van der Waals surface area (Å²) in [5.74, 6) is 0.901. The van der Waals surface area contributed by atoms with Crippen molar-refractivity contribution in [3.63, 3.8) is 0 Å². The van der Waals surface area contributed by atoms with Gasteiger partial charge in [0.1, 0.15) is 11.9 Å². The number of hydrogen-bond acceptors (Lipinski definition) is 3. The van der Waals surface area contributed by atoms with Gasteiger partial charge in [-0.05, 0) is 25.8 Å². The average molecular weight is 326 g/mol. The van der Waals surface area contributed by atoms with E-state index < -0.39 is 0 Å². The highest BCUT2D eigenvalue weighted by atomic mass is 16.5. The number of rotatable bonds is 7. The molecule has 0 fully saturated rings. The lowest BCUT2D eigenvalue weighted by atomic mass is 10.1. The minimum Gasteiger partial charge on any atom is -0.464 e. The van der Waals surface area contributed by atoms with Gasteiger partial charge in [0.2, 0.25) is 0 Å². The lowest BCUT2D eigenvalue weighted by Crippen LogP contribution is -2.12. The minimum atomic E-state index is -0.313. The van der Waals surface area contributed by atoms with E-state index in [1.807, 2.05) is 64.1 Å². The molecule has 0 spiro atoms. The van der Waals surface area contributed by atoms with E-state index in [2.05, 4.69) is 6.08 Å². The van der Waals surface area contributed by atoms with Crippen LogP contribution in [0.5, 0.6) is 0 Å². The Kier molecular flexibility index (Phi) is 6.42. The van der Waals surface area contributed by atoms with E-state index in [9.17, 15) is 4.79 Å². The maximum Gasteiger partial charge on any atom is 0.306 e. The summed E-state index contributed by atoms with van der Waals surface area (Å²) >= 11 is 0. The summed E-state index contributed by atoms with van der Waals surface area (Å²) in [6, 6.07) is 11.9. The molecule has 0 aliphatic carbocycles. The fourth-order valence-electron chi connectivity index (χ4n) is 2.41. The van der Waals surface area contributed by atoms with E-state index in [-0.39, 0.29) is 18.0 Å². The van der Waals surface area contributed by atoms with Crippen LogP contribution in [-0.4, -0.2) is 5.97 Å². The molecule has 1 aromatic carbocycles. The number of benzene rings is 1. The highest BCUT2D eigenvalue weighted by Gasteiger charge is 2.19. The first-order valence-corrected chi connectivity index (χ1v) is 8.42. The van der Waals surface area contributed by atoms with Crippen LogP contribution in [-0.2, 0) is 9.53 Å². The van der Waals surface area contributed by atoms with Gasteiger partial charge in [-0.15, -0.1) is 0 Å². The SMILES string of the molecule is CC(C)=CCC(OC(=O)CC(C)C)c1coc(-c2ccccc2)c1. The van der Waals surface area contributed by atoms with Crippen LogP contribution >= 0.6 is 0 Å². The molecule has 0 bridgehead atoms. The summed E-state index contributed by atoms with van der Waals surface area (Å²) in [6.45, 7) is 8.10. The van der Waals surface area contributed by atoms with Crippen molar-refractivity contribution in [1.29, 1.82) is 0 Å². The Morgan fingerprint density at radius 3 is 2.54 bits per heavy atom. The fourth-order valence-corrected chi connectivity index (χ4v) is 2.41. The van der Waals surface area contributed by atoms with Gasteiger partial charge in [-0.25, -0.2) is 0 Å². The van der Waals surface area contributed by atoms with Gasteiger partial charge < -0.3 is 9.15 Å². The van der Waals surface area contributed by atoms with Gasteiger partial charge in [-0.1, -0.05) is 55.8 Å². The summed E-state index contributed by atoms with van der Waals surface area (Å²) in [5, 5.41) is 0. The summed E-state index contributed by atoms with van der Waals surface area (Å²) in [4.78, 5) is 12.1. The summed E-state index contributed by atoms with van der Waals surface area (Å²) in [5.41, 5.74) is 3.10. The van der Waals surface area contributed by atoms with Gasteiger partial charge in [-0.3, -0.25) is 4.79 Å². The maximum absolute atomic E-state index is 12.1. The van der Waals surface area contributed by atoms with Crippen molar-refractivity contribution in [3.05, 3.63) is 59.9 Å². The van der Waals surface area contributed by atoms with E-state index in [0.717, 1.165) is 16.9 Å². The molecule has 1 unspecified atom stereocenters. The molecule has 3 heteroatoms. The molecular formula is C21H26O3.